The summed E-state index contributed by atoms with van der Waals surface area (Å²) in [6.07, 6.45) is 2.27. The van der Waals surface area contributed by atoms with E-state index in [-0.39, 0.29) is 11.7 Å². The molecule has 1 aromatic rings. The number of ketones is 1. The standard InChI is InChI=1S/C15H19NO3/c1-19-14-6-4-12(5-7-14)11-15(18)16-9-2-3-13(17)8-10-16/h4-7H,2-3,8-11H2,1H3. The summed E-state index contributed by atoms with van der Waals surface area (Å²) < 4.78 is 5.09. The van der Waals surface area contributed by atoms with E-state index in [1.807, 2.05) is 24.3 Å². The van der Waals surface area contributed by atoms with Crippen LogP contribution in [0.4, 0.5) is 0 Å². The average molecular weight is 261 g/mol. The van der Waals surface area contributed by atoms with Crippen molar-refractivity contribution in [2.45, 2.75) is 25.7 Å². The van der Waals surface area contributed by atoms with Crippen molar-refractivity contribution in [1.82, 2.24) is 4.90 Å². The van der Waals surface area contributed by atoms with E-state index in [4.69, 9.17) is 4.74 Å². The highest BCUT2D eigenvalue weighted by molar-refractivity contribution is 5.82. The van der Waals surface area contributed by atoms with Crippen LogP contribution in [0.2, 0.25) is 0 Å². The highest BCUT2D eigenvalue weighted by Crippen LogP contribution is 2.14. The minimum atomic E-state index is 0.0971. The molecular formula is C15H19NO3. The van der Waals surface area contributed by atoms with Gasteiger partial charge in [-0.25, -0.2) is 0 Å². The van der Waals surface area contributed by atoms with Crippen LogP contribution in [0.3, 0.4) is 0 Å². The predicted molar refractivity (Wildman–Crippen MR) is 72.1 cm³/mol. The molecule has 0 aliphatic carbocycles. The fourth-order valence-electron chi connectivity index (χ4n) is 2.24. The number of hydrogen-bond acceptors (Lipinski definition) is 3. The van der Waals surface area contributed by atoms with Crippen LogP contribution in [0, 0.1) is 0 Å². The van der Waals surface area contributed by atoms with Crippen LogP contribution in [-0.2, 0) is 16.0 Å². The van der Waals surface area contributed by atoms with Gasteiger partial charge < -0.3 is 9.64 Å². The van der Waals surface area contributed by atoms with Crippen molar-refractivity contribution in [2.24, 2.45) is 0 Å². The van der Waals surface area contributed by atoms with E-state index < -0.39 is 0 Å². The molecule has 4 heteroatoms. The Bertz CT molecular complexity index is 453. The Hall–Kier alpha value is -1.84. The Morgan fingerprint density at radius 2 is 1.95 bits per heavy atom. The average Bonchev–Trinajstić information content (AvgIpc) is 2.64. The lowest BCUT2D eigenvalue weighted by Gasteiger charge is -2.19. The first-order valence-corrected chi connectivity index (χ1v) is 6.61. The van der Waals surface area contributed by atoms with E-state index in [9.17, 15) is 9.59 Å². The number of hydrogen-bond donors (Lipinski definition) is 0. The third kappa shape index (κ3) is 3.81. The van der Waals surface area contributed by atoms with Crippen molar-refractivity contribution in [2.75, 3.05) is 20.2 Å². The van der Waals surface area contributed by atoms with Crippen LogP contribution in [0.1, 0.15) is 24.8 Å². The van der Waals surface area contributed by atoms with Crippen LogP contribution < -0.4 is 4.74 Å². The van der Waals surface area contributed by atoms with Crippen molar-refractivity contribution < 1.29 is 14.3 Å². The zero-order chi connectivity index (χ0) is 13.7. The Morgan fingerprint density at radius 3 is 2.63 bits per heavy atom. The van der Waals surface area contributed by atoms with Gasteiger partial charge in [-0.1, -0.05) is 12.1 Å². The summed E-state index contributed by atoms with van der Waals surface area (Å²) in [4.78, 5) is 25.3. The van der Waals surface area contributed by atoms with Crippen LogP contribution in [0.15, 0.2) is 24.3 Å². The lowest BCUT2D eigenvalue weighted by atomic mass is 10.1. The highest BCUT2D eigenvalue weighted by Gasteiger charge is 2.18. The molecule has 1 aliphatic heterocycles. The number of amides is 1. The van der Waals surface area contributed by atoms with Gasteiger partial charge in [0.15, 0.2) is 0 Å². The molecule has 1 aliphatic rings. The van der Waals surface area contributed by atoms with Gasteiger partial charge in [-0.15, -0.1) is 0 Å². The largest absolute Gasteiger partial charge is 0.497 e. The Kier molecular flexibility index (Phi) is 4.55. The number of ether oxygens (including phenoxy) is 1. The molecule has 0 saturated carbocycles. The third-order valence-corrected chi connectivity index (χ3v) is 3.41. The van der Waals surface area contributed by atoms with Gasteiger partial charge in [0.05, 0.1) is 13.5 Å². The fraction of sp³-hybridized carbons (Fsp3) is 0.467. The molecule has 1 heterocycles. The van der Waals surface area contributed by atoms with Crippen LogP contribution in [0.25, 0.3) is 0 Å². The summed E-state index contributed by atoms with van der Waals surface area (Å²) >= 11 is 0. The minimum Gasteiger partial charge on any atom is -0.497 e. The number of nitrogens with zero attached hydrogens (tertiary/aromatic N) is 1. The fourth-order valence-corrected chi connectivity index (χ4v) is 2.24. The number of methoxy groups -OCH3 is 1. The first kappa shape index (κ1) is 13.6. The zero-order valence-corrected chi connectivity index (χ0v) is 11.2. The maximum Gasteiger partial charge on any atom is 0.227 e. The normalized spacial score (nSPS) is 16.1. The molecule has 0 atom stereocenters. The smallest absolute Gasteiger partial charge is 0.227 e. The Labute approximate surface area is 113 Å². The van der Waals surface area contributed by atoms with Crippen molar-refractivity contribution in [3.05, 3.63) is 29.8 Å². The van der Waals surface area contributed by atoms with E-state index in [2.05, 4.69) is 0 Å². The van der Waals surface area contributed by atoms with Crippen molar-refractivity contribution in [3.63, 3.8) is 0 Å². The van der Waals surface area contributed by atoms with Gasteiger partial charge >= 0.3 is 0 Å². The Morgan fingerprint density at radius 1 is 1.21 bits per heavy atom. The van der Waals surface area contributed by atoms with Crippen molar-refractivity contribution in [1.29, 1.82) is 0 Å². The molecule has 0 aromatic heterocycles. The number of likely N-dealkylation sites (tertiary alicyclic amines) is 1. The van der Waals surface area contributed by atoms with E-state index in [0.717, 1.165) is 17.7 Å². The van der Waals surface area contributed by atoms with E-state index in [1.54, 1.807) is 12.0 Å². The van der Waals surface area contributed by atoms with E-state index in [1.165, 1.54) is 0 Å². The molecule has 0 spiro atoms. The van der Waals surface area contributed by atoms with Gasteiger partial charge in [0, 0.05) is 25.9 Å². The van der Waals surface area contributed by atoms with Gasteiger partial charge in [0.2, 0.25) is 5.91 Å². The second kappa shape index (κ2) is 6.36. The molecule has 0 unspecified atom stereocenters. The molecule has 0 radical (unpaired) electrons. The van der Waals surface area contributed by atoms with Gasteiger partial charge in [-0.3, -0.25) is 9.59 Å². The van der Waals surface area contributed by atoms with Gasteiger partial charge in [-0.05, 0) is 24.1 Å². The van der Waals surface area contributed by atoms with E-state index >= 15 is 0 Å². The van der Waals surface area contributed by atoms with Crippen LogP contribution >= 0.6 is 0 Å². The lowest BCUT2D eigenvalue weighted by molar-refractivity contribution is -0.130. The summed E-state index contributed by atoms with van der Waals surface area (Å²) in [5.74, 6) is 1.15. The van der Waals surface area contributed by atoms with Crippen LogP contribution in [0.5, 0.6) is 5.75 Å². The van der Waals surface area contributed by atoms with Crippen molar-refractivity contribution >= 4 is 11.7 Å². The molecule has 102 valence electrons. The SMILES string of the molecule is COc1ccc(CC(=O)N2CCCC(=O)CC2)cc1. The first-order valence-electron chi connectivity index (χ1n) is 6.61. The summed E-state index contributed by atoms with van der Waals surface area (Å²) in [6, 6.07) is 7.52. The van der Waals surface area contributed by atoms with Crippen LogP contribution in [-0.4, -0.2) is 36.8 Å². The molecule has 0 bridgehead atoms. The maximum atomic E-state index is 12.2. The molecule has 2 rings (SSSR count). The molecule has 4 nitrogen and oxygen atoms in total. The highest BCUT2D eigenvalue weighted by atomic mass is 16.5. The number of Topliss-reactive ketones (excluding diaryl/α,β-unsaturated/α-hetero) is 1. The number of carbonyl (C=O) groups is 2. The molecule has 0 N–H and O–H groups in total. The van der Waals surface area contributed by atoms with Gasteiger partial charge in [0.25, 0.3) is 0 Å². The second-order valence-electron chi connectivity index (χ2n) is 4.80. The topological polar surface area (TPSA) is 46.6 Å². The van der Waals surface area contributed by atoms with Gasteiger partial charge in [0.1, 0.15) is 11.5 Å². The minimum absolute atomic E-state index is 0.0971. The monoisotopic (exact) mass is 261 g/mol. The third-order valence-electron chi connectivity index (χ3n) is 3.41. The molecule has 1 aromatic carbocycles. The zero-order valence-electron chi connectivity index (χ0n) is 11.2. The molecular weight excluding hydrogens is 242 g/mol. The summed E-state index contributed by atoms with van der Waals surface area (Å²) in [5, 5.41) is 0. The van der Waals surface area contributed by atoms with E-state index in [0.29, 0.717) is 32.4 Å². The lowest BCUT2D eigenvalue weighted by Crippen LogP contribution is -2.33. The number of rotatable bonds is 3. The maximum absolute atomic E-state index is 12.2. The Balaban J connectivity index is 1.93. The summed E-state index contributed by atoms with van der Waals surface area (Å²) in [6.45, 7) is 1.26. The first-order chi connectivity index (χ1) is 9.19. The molecule has 19 heavy (non-hydrogen) atoms. The van der Waals surface area contributed by atoms with Gasteiger partial charge in [-0.2, -0.15) is 0 Å². The van der Waals surface area contributed by atoms with Crippen molar-refractivity contribution in [3.8, 4) is 5.75 Å². The molecule has 1 amide bonds. The number of benzene rings is 1. The quantitative estimate of drug-likeness (QED) is 0.833. The number of carbonyl (C=O) groups excluding carboxylic acids is 2. The second-order valence-corrected chi connectivity index (χ2v) is 4.80. The molecule has 1 fully saturated rings. The summed E-state index contributed by atoms with van der Waals surface area (Å²) in [7, 11) is 1.62. The molecule has 1 saturated heterocycles. The summed E-state index contributed by atoms with van der Waals surface area (Å²) in [5.41, 5.74) is 0.973. The predicted octanol–water partition coefficient (Wildman–Crippen LogP) is 1.82.